The molecule has 1 N–H and O–H groups in total. The minimum Gasteiger partial charge on any atom is -0.313 e. The van der Waals surface area contributed by atoms with E-state index in [2.05, 4.69) is 15.5 Å². The Bertz CT molecular complexity index is 509. The molecule has 1 aromatic carbocycles. The number of hydrogen-bond donors (Lipinski definition) is 1. The summed E-state index contributed by atoms with van der Waals surface area (Å²) in [5.41, 5.74) is 2.13. The Morgan fingerprint density at radius 1 is 1.32 bits per heavy atom. The van der Waals surface area contributed by atoms with E-state index in [1.807, 2.05) is 6.92 Å². The molecular formula is C12H13F2N3S2. The van der Waals surface area contributed by atoms with Gasteiger partial charge in [0.2, 0.25) is 0 Å². The van der Waals surface area contributed by atoms with Crippen molar-refractivity contribution in [2.24, 2.45) is 0 Å². The van der Waals surface area contributed by atoms with Crippen molar-refractivity contribution in [3.8, 4) is 0 Å². The van der Waals surface area contributed by atoms with Crippen LogP contribution in [0.5, 0.6) is 0 Å². The predicted molar refractivity (Wildman–Crippen MR) is 72.4 cm³/mol. The first-order valence-electron chi connectivity index (χ1n) is 5.83. The van der Waals surface area contributed by atoms with Gasteiger partial charge in [-0.05, 0) is 30.7 Å². The molecule has 2 aromatic rings. The third-order valence-electron chi connectivity index (χ3n) is 2.34. The number of halogens is 2. The van der Waals surface area contributed by atoms with Gasteiger partial charge in [-0.15, -0.1) is 10.2 Å². The summed E-state index contributed by atoms with van der Waals surface area (Å²) in [6, 6.07) is 2.71. The van der Waals surface area contributed by atoms with Crippen molar-refractivity contribution in [3.63, 3.8) is 0 Å². The summed E-state index contributed by atoms with van der Waals surface area (Å²) in [5.74, 6) is -1.12. The highest BCUT2D eigenvalue weighted by Crippen LogP contribution is 2.33. The van der Waals surface area contributed by atoms with Crippen LogP contribution in [0.15, 0.2) is 26.9 Å². The highest BCUT2D eigenvalue weighted by molar-refractivity contribution is 8.01. The average molecular weight is 301 g/mol. The number of rotatable bonds is 6. The second kappa shape index (κ2) is 6.93. The van der Waals surface area contributed by atoms with Crippen LogP contribution in [0.3, 0.4) is 0 Å². The molecule has 1 aromatic heterocycles. The van der Waals surface area contributed by atoms with Crippen LogP contribution in [0.2, 0.25) is 0 Å². The van der Waals surface area contributed by atoms with Crippen molar-refractivity contribution >= 4 is 23.1 Å². The smallest absolute Gasteiger partial charge is 0.179 e. The van der Waals surface area contributed by atoms with E-state index in [1.54, 1.807) is 0 Å². The second-order valence-electron chi connectivity index (χ2n) is 3.87. The molecule has 0 atom stereocenters. The molecule has 7 heteroatoms. The largest absolute Gasteiger partial charge is 0.313 e. The van der Waals surface area contributed by atoms with E-state index in [0.717, 1.165) is 24.7 Å². The van der Waals surface area contributed by atoms with E-state index < -0.39 is 11.6 Å². The molecule has 3 nitrogen and oxygen atoms in total. The Morgan fingerprint density at radius 3 is 2.63 bits per heavy atom. The third kappa shape index (κ3) is 3.95. The zero-order valence-corrected chi connectivity index (χ0v) is 12.0. The highest BCUT2D eigenvalue weighted by atomic mass is 32.2. The minimum atomic E-state index is -0.562. The monoisotopic (exact) mass is 301 g/mol. The predicted octanol–water partition coefficient (Wildman–Crippen LogP) is 3.47. The summed E-state index contributed by atoms with van der Waals surface area (Å²) >= 11 is 2.21. The maximum atomic E-state index is 13.9. The highest BCUT2D eigenvalue weighted by Gasteiger charge is 2.14. The van der Waals surface area contributed by atoms with E-state index in [0.29, 0.717) is 16.4 Å². The second-order valence-corrected chi connectivity index (χ2v) is 5.96. The van der Waals surface area contributed by atoms with Crippen LogP contribution in [0.4, 0.5) is 8.78 Å². The van der Waals surface area contributed by atoms with Gasteiger partial charge in [-0.3, -0.25) is 0 Å². The first-order chi connectivity index (χ1) is 9.20. The van der Waals surface area contributed by atoms with Gasteiger partial charge in [0.15, 0.2) is 4.34 Å². The van der Waals surface area contributed by atoms with Crippen molar-refractivity contribution in [3.05, 3.63) is 34.8 Å². The fraction of sp³-hybridized carbons (Fsp3) is 0.333. The summed E-state index contributed by atoms with van der Waals surface area (Å²) in [6.45, 7) is 3.33. The quantitative estimate of drug-likeness (QED) is 0.829. The maximum Gasteiger partial charge on any atom is 0.179 e. The summed E-state index contributed by atoms with van der Waals surface area (Å²) in [4.78, 5) is -0.0315. The maximum absolute atomic E-state index is 13.9. The van der Waals surface area contributed by atoms with Crippen LogP contribution in [-0.4, -0.2) is 16.7 Å². The molecule has 19 heavy (non-hydrogen) atoms. The normalized spacial score (nSPS) is 10.9. The van der Waals surface area contributed by atoms with E-state index in [4.69, 9.17) is 0 Å². The minimum absolute atomic E-state index is 0.0315. The summed E-state index contributed by atoms with van der Waals surface area (Å²) in [7, 11) is 0. The lowest BCUT2D eigenvalue weighted by atomic mass is 10.2. The molecule has 0 saturated heterocycles. The Labute approximate surface area is 118 Å². The van der Waals surface area contributed by atoms with Gasteiger partial charge in [0.1, 0.15) is 17.1 Å². The molecular weight excluding hydrogens is 288 g/mol. The zero-order valence-electron chi connectivity index (χ0n) is 10.3. The Hall–Kier alpha value is -1.05. The molecule has 0 aliphatic carbocycles. The molecule has 0 spiro atoms. The number of nitrogens with one attached hydrogen (secondary N) is 1. The third-order valence-corrected chi connectivity index (χ3v) is 4.22. The molecule has 0 amide bonds. The molecule has 0 aliphatic rings. The number of hydrogen-bond acceptors (Lipinski definition) is 5. The van der Waals surface area contributed by atoms with Crippen LogP contribution < -0.4 is 5.32 Å². The molecule has 0 aliphatic heterocycles. The molecule has 0 radical (unpaired) electrons. The molecule has 0 bridgehead atoms. The van der Waals surface area contributed by atoms with Crippen LogP contribution in [0.1, 0.15) is 18.9 Å². The van der Waals surface area contributed by atoms with Gasteiger partial charge >= 0.3 is 0 Å². The lowest BCUT2D eigenvalue weighted by Crippen LogP contribution is -2.14. The van der Waals surface area contributed by atoms with E-state index >= 15 is 0 Å². The van der Waals surface area contributed by atoms with Crippen molar-refractivity contribution in [1.29, 1.82) is 0 Å². The first kappa shape index (κ1) is 14.4. The number of nitrogens with zero attached hydrogens (tertiary/aromatic N) is 2. The van der Waals surface area contributed by atoms with E-state index in [-0.39, 0.29) is 4.90 Å². The topological polar surface area (TPSA) is 37.8 Å². The average Bonchev–Trinajstić information content (AvgIpc) is 2.87. The van der Waals surface area contributed by atoms with Gasteiger partial charge in [0.05, 0.1) is 4.90 Å². The molecule has 0 unspecified atom stereocenters. The van der Waals surface area contributed by atoms with E-state index in [9.17, 15) is 8.78 Å². The zero-order chi connectivity index (χ0) is 13.7. The SMILES string of the molecule is CCCNCc1cc(F)c(Sc2nncs2)c(F)c1. The summed E-state index contributed by atoms with van der Waals surface area (Å²) in [5, 5.41) is 10.5. The van der Waals surface area contributed by atoms with Crippen LogP contribution in [-0.2, 0) is 6.54 Å². The van der Waals surface area contributed by atoms with Crippen LogP contribution >= 0.6 is 23.1 Å². The Balaban J connectivity index is 2.12. The molecule has 0 fully saturated rings. The van der Waals surface area contributed by atoms with Gasteiger partial charge in [0.25, 0.3) is 0 Å². The molecule has 102 valence electrons. The van der Waals surface area contributed by atoms with E-state index in [1.165, 1.54) is 29.0 Å². The Morgan fingerprint density at radius 2 is 2.05 bits per heavy atom. The van der Waals surface area contributed by atoms with Crippen molar-refractivity contribution < 1.29 is 8.78 Å². The first-order valence-corrected chi connectivity index (χ1v) is 7.53. The fourth-order valence-corrected chi connectivity index (χ4v) is 2.94. The van der Waals surface area contributed by atoms with Crippen molar-refractivity contribution in [2.75, 3.05) is 6.54 Å². The summed E-state index contributed by atoms with van der Waals surface area (Å²) < 4.78 is 28.3. The van der Waals surface area contributed by atoms with Crippen LogP contribution in [0, 0.1) is 11.6 Å². The lowest BCUT2D eigenvalue weighted by Gasteiger charge is -2.07. The number of aromatic nitrogens is 2. The van der Waals surface area contributed by atoms with Gasteiger partial charge in [0, 0.05) is 6.54 Å². The molecule has 2 rings (SSSR count). The summed E-state index contributed by atoms with van der Waals surface area (Å²) in [6.07, 6.45) is 0.982. The fourth-order valence-electron chi connectivity index (χ4n) is 1.52. The van der Waals surface area contributed by atoms with Crippen molar-refractivity contribution in [1.82, 2.24) is 15.5 Å². The lowest BCUT2D eigenvalue weighted by molar-refractivity contribution is 0.534. The van der Waals surface area contributed by atoms with Gasteiger partial charge in [-0.2, -0.15) is 0 Å². The number of benzene rings is 1. The Kier molecular flexibility index (Phi) is 5.24. The molecule has 0 saturated carbocycles. The van der Waals surface area contributed by atoms with Crippen molar-refractivity contribution in [2.45, 2.75) is 29.1 Å². The molecule has 1 heterocycles. The van der Waals surface area contributed by atoms with Gasteiger partial charge < -0.3 is 5.32 Å². The van der Waals surface area contributed by atoms with Gasteiger partial charge in [-0.25, -0.2) is 8.78 Å². The van der Waals surface area contributed by atoms with Crippen LogP contribution in [0.25, 0.3) is 0 Å². The standard InChI is InChI=1S/C12H13F2N3S2/c1-2-3-15-6-8-4-9(13)11(10(14)5-8)19-12-17-16-7-18-12/h4-5,7,15H,2-3,6H2,1H3. The van der Waals surface area contributed by atoms with Gasteiger partial charge in [-0.1, -0.05) is 30.0 Å².